The summed E-state index contributed by atoms with van der Waals surface area (Å²) in [6.45, 7) is 3.03. The van der Waals surface area contributed by atoms with Crippen LogP contribution in [0.4, 0.5) is 18.9 Å². The maximum absolute atomic E-state index is 13.5. The first-order valence-corrected chi connectivity index (χ1v) is 9.89. The van der Waals surface area contributed by atoms with Gasteiger partial charge in [0.2, 0.25) is 0 Å². The van der Waals surface area contributed by atoms with Gasteiger partial charge in [0.15, 0.2) is 11.2 Å². The average molecular weight is 452 g/mol. The molecule has 3 aromatic rings. The number of nitrogens with one attached hydrogen (secondary N) is 1. The van der Waals surface area contributed by atoms with Crippen LogP contribution in [0.2, 0.25) is 0 Å². The summed E-state index contributed by atoms with van der Waals surface area (Å²) < 4.78 is 57.3. The van der Waals surface area contributed by atoms with Gasteiger partial charge >= 0.3 is 23.8 Å². The molecule has 0 radical (unpaired) electrons. The van der Waals surface area contributed by atoms with Gasteiger partial charge in [-0.25, -0.2) is 4.79 Å². The number of aromatic carboxylic acids is 1. The Morgan fingerprint density at radius 3 is 2.45 bits per heavy atom. The zero-order valence-corrected chi connectivity index (χ0v) is 17.1. The molecule has 1 heterocycles. The summed E-state index contributed by atoms with van der Waals surface area (Å²) in [4.78, 5) is 24.0. The Morgan fingerprint density at radius 2 is 1.84 bits per heavy atom. The van der Waals surface area contributed by atoms with Crippen molar-refractivity contribution in [3.8, 4) is 0 Å². The number of carboxylic acids is 1. The van der Waals surface area contributed by atoms with Gasteiger partial charge in [0.1, 0.15) is 5.58 Å². The predicted molar refractivity (Wildman–Crippen MR) is 109 cm³/mol. The third kappa shape index (κ3) is 4.58. The van der Waals surface area contributed by atoms with Crippen LogP contribution >= 0.6 is 0 Å². The fraction of sp³-hybridized carbons (Fsp3) is 0.238. The van der Waals surface area contributed by atoms with E-state index in [-0.39, 0.29) is 45.2 Å². The lowest BCUT2D eigenvalue weighted by Gasteiger charge is -2.20. The molecular formula is C21H17F3NO5S+. The predicted octanol–water partition coefficient (Wildman–Crippen LogP) is 5.17. The van der Waals surface area contributed by atoms with Crippen LogP contribution in [-0.4, -0.2) is 11.1 Å². The van der Waals surface area contributed by atoms with Crippen LogP contribution in [-0.2, 0) is 22.1 Å². The van der Waals surface area contributed by atoms with Crippen molar-refractivity contribution in [3.05, 3.63) is 75.1 Å². The molecule has 0 bridgehead atoms. The number of carboxylic acid groups (broad SMARTS) is 1. The number of benzene rings is 2. The van der Waals surface area contributed by atoms with Crippen LogP contribution in [0, 0.1) is 0 Å². The second kappa shape index (κ2) is 8.46. The summed E-state index contributed by atoms with van der Waals surface area (Å²) >= 11 is 0.181. The molecular weight excluding hydrogens is 435 g/mol. The zero-order chi connectivity index (χ0) is 22.9. The van der Waals surface area contributed by atoms with E-state index in [1.807, 2.05) is 0 Å². The summed E-state index contributed by atoms with van der Waals surface area (Å²) in [6.07, 6.45) is -4.72. The molecule has 31 heavy (non-hydrogen) atoms. The minimum absolute atomic E-state index is 0.00654. The van der Waals surface area contributed by atoms with Crippen LogP contribution < -0.4 is 10.7 Å². The molecule has 2 N–H and O–H groups in total. The summed E-state index contributed by atoms with van der Waals surface area (Å²) in [5.41, 5.74) is -1.71. The van der Waals surface area contributed by atoms with Crippen molar-refractivity contribution in [1.82, 2.24) is 0 Å². The normalized spacial score (nSPS) is 13.6. The molecule has 0 aliphatic carbocycles. The third-order valence-electron chi connectivity index (χ3n) is 4.74. The van der Waals surface area contributed by atoms with Crippen molar-refractivity contribution in [2.75, 3.05) is 5.32 Å². The summed E-state index contributed by atoms with van der Waals surface area (Å²) in [7, 11) is 0. The number of hydrogen-bond donors (Lipinski definition) is 2. The van der Waals surface area contributed by atoms with Crippen LogP contribution in [0.1, 0.15) is 52.4 Å². The second-order valence-corrected chi connectivity index (χ2v) is 7.81. The lowest BCUT2D eigenvalue weighted by molar-refractivity contribution is -0.137. The van der Waals surface area contributed by atoms with Gasteiger partial charge in [-0.15, -0.1) is 0 Å². The Morgan fingerprint density at radius 1 is 1.16 bits per heavy atom. The SMILES string of the molecule is CC(Nc1ccccc1C(=O)O)c1cc(C(F)(F)F)cc2c(=O)cc(C(C)[S+]=O)oc12. The van der Waals surface area contributed by atoms with Crippen molar-refractivity contribution < 1.29 is 31.7 Å². The highest BCUT2D eigenvalue weighted by molar-refractivity contribution is 7.65. The number of carbonyl (C=O) groups is 1. The standard InChI is InChI=1S/C21H16F3NO5S/c1-10(25-16-6-4-3-5-13(16)20(27)28)14-7-12(21(22,23)24)8-15-17(26)9-18(11(2)31-29)30-19(14)15/h3-11,25H,1-2H3/p+1. The highest BCUT2D eigenvalue weighted by atomic mass is 32.1. The molecule has 2 aromatic carbocycles. The minimum Gasteiger partial charge on any atom is -0.478 e. The van der Waals surface area contributed by atoms with Gasteiger partial charge in [-0.05, 0) is 31.2 Å². The Labute approximate surface area is 178 Å². The van der Waals surface area contributed by atoms with Gasteiger partial charge in [0, 0.05) is 28.4 Å². The summed E-state index contributed by atoms with van der Waals surface area (Å²) in [5, 5.41) is 11.2. The number of fused-ring (bicyclic) bond motifs is 1. The molecule has 0 spiro atoms. The number of alkyl halides is 3. The maximum atomic E-state index is 13.5. The van der Waals surface area contributed by atoms with Crippen LogP contribution in [0.3, 0.4) is 0 Å². The molecule has 0 amide bonds. The van der Waals surface area contributed by atoms with Gasteiger partial charge in [-0.2, -0.15) is 13.2 Å². The molecule has 6 nitrogen and oxygen atoms in total. The highest BCUT2D eigenvalue weighted by Gasteiger charge is 2.33. The molecule has 0 saturated heterocycles. The summed E-state index contributed by atoms with van der Waals surface area (Å²) in [6, 6.07) is 7.65. The van der Waals surface area contributed by atoms with Crippen LogP contribution in [0.15, 0.2) is 51.7 Å². The first kappa shape index (κ1) is 22.4. The zero-order valence-electron chi connectivity index (χ0n) is 16.3. The highest BCUT2D eigenvalue weighted by Crippen LogP contribution is 2.36. The van der Waals surface area contributed by atoms with E-state index in [4.69, 9.17) is 4.42 Å². The number of para-hydroxylation sites is 1. The molecule has 2 atom stereocenters. The second-order valence-electron chi connectivity index (χ2n) is 6.91. The van der Waals surface area contributed by atoms with E-state index in [0.29, 0.717) is 6.07 Å². The van der Waals surface area contributed by atoms with E-state index >= 15 is 0 Å². The molecule has 0 saturated carbocycles. The number of halogens is 3. The fourth-order valence-corrected chi connectivity index (χ4v) is 3.35. The number of hydrogen-bond acceptors (Lipinski definition) is 5. The molecule has 3 rings (SSSR count). The molecule has 10 heteroatoms. The Bertz CT molecular complexity index is 1220. The van der Waals surface area contributed by atoms with Gasteiger partial charge < -0.3 is 14.8 Å². The molecule has 0 aliphatic rings. The molecule has 162 valence electrons. The lowest BCUT2D eigenvalue weighted by Crippen LogP contribution is -2.15. The van der Waals surface area contributed by atoms with Crippen molar-refractivity contribution in [1.29, 1.82) is 0 Å². The fourth-order valence-electron chi connectivity index (χ4n) is 3.14. The Hall–Kier alpha value is -3.27. The van der Waals surface area contributed by atoms with Crippen LogP contribution in [0.5, 0.6) is 0 Å². The number of anilines is 1. The van der Waals surface area contributed by atoms with E-state index in [1.54, 1.807) is 6.07 Å². The van der Waals surface area contributed by atoms with Crippen LogP contribution in [0.25, 0.3) is 11.0 Å². The van der Waals surface area contributed by atoms with E-state index in [2.05, 4.69) is 5.32 Å². The van der Waals surface area contributed by atoms with Gasteiger partial charge in [0.25, 0.3) is 5.25 Å². The Balaban J connectivity index is 2.23. The first-order valence-electron chi connectivity index (χ1n) is 9.09. The topological polar surface area (TPSA) is 96.6 Å². The minimum atomic E-state index is -4.72. The van der Waals surface area contributed by atoms with E-state index in [9.17, 15) is 32.1 Å². The van der Waals surface area contributed by atoms with Crippen molar-refractivity contribution in [2.24, 2.45) is 0 Å². The summed E-state index contributed by atoms with van der Waals surface area (Å²) in [5.74, 6) is -1.17. The quantitative estimate of drug-likeness (QED) is 0.501. The van der Waals surface area contributed by atoms with E-state index < -0.39 is 34.4 Å². The van der Waals surface area contributed by atoms with Crippen molar-refractivity contribution in [3.63, 3.8) is 0 Å². The van der Waals surface area contributed by atoms with Gasteiger partial charge in [0.05, 0.1) is 22.6 Å². The smallest absolute Gasteiger partial charge is 0.470 e. The Kier molecular flexibility index (Phi) is 6.12. The average Bonchev–Trinajstić information content (AvgIpc) is 2.71. The monoisotopic (exact) mass is 452 g/mol. The van der Waals surface area contributed by atoms with Crippen molar-refractivity contribution >= 4 is 34.3 Å². The third-order valence-corrected chi connectivity index (χ3v) is 5.27. The first-order chi connectivity index (χ1) is 14.5. The van der Waals surface area contributed by atoms with E-state index in [1.165, 1.54) is 32.0 Å². The van der Waals surface area contributed by atoms with Gasteiger partial charge in [-0.1, -0.05) is 12.1 Å². The molecule has 2 unspecified atom stereocenters. The maximum Gasteiger partial charge on any atom is 0.470 e. The van der Waals surface area contributed by atoms with Gasteiger partial charge in [-0.3, -0.25) is 4.79 Å². The molecule has 1 aromatic heterocycles. The number of rotatable bonds is 6. The molecule has 0 fully saturated rings. The molecule has 0 aliphatic heterocycles. The van der Waals surface area contributed by atoms with Crippen molar-refractivity contribution in [2.45, 2.75) is 31.3 Å². The largest absolute Gasteiger partial charge is 0.478 e. The lowest BCUT2D eigenvalue weighted by atomic mass is 9.99. The van der Waals surface area contributed by atoms with E-state index in [0.717, 1.165) is 12.1 Å².